The van der Waals surface area contributed by atoms with E-state index >= 15 is 19.2 Å². The molecule has 31 nitrogen and oxygen atoms in total. The van der Waals surface area contributed by atoms with E-state index in [1.165, 1.54) is 106 Å². The van der Waals surface area contributed by atoms with Gasteiger partial charge in [0.15, 0.2) is 17.3 Å². The zero-order valence-electron chi connectivity index (χ0n) is 68.6. The molecule has 1 aromatic carbocycles. The Morgan fingerprint density at radius 2 is 1.08 bits per heavy atom. The number of amides is 11. The highest BCUT2D eigenvalue weighted by Gasteiger charge is 2.46. The van der Waals surface area contributed by atoms with Crippen LogP contribution < -0.4 is 21.7 Å². The summed E-state index contributed by atoms with van der Waals surface area (Å²) < 4.78 is 0. The van der Waals surface area contributed by atoms with E-state index in [0.29, 0.717) is 5.52 Å². The summed E-state index contributed by atoms with van der Waals surface area (Å²) >= 11 is 0. The molecule has 11 amide bonds. The first-order valence-electron chi connectivity index (χ1n) is 38.2. The topological polar surface area (TPSA) is 430 Å². The lowest BCUT2D eigenvalue weighted by Gasteiger charge is -2.41. The minimum atomic E-state index is -1.75. The molecule has 0 aliphatic carbocycles. The second-order valence-electron chi connectivity index (χ2n) is 32.5. The highest BCUT2D eigenvalue weighted by molar-refractivity contribution is 6.02. The molecule has 0 unspecified atom stereocenters. The summed E-state index contributed by atoms with van der Waals surface area (Å²) in [7, 11) is 9.85. The third-order valence-corrected chi connectivity index (χ3v) is 20.7. The number of nitrogens with two attached hydrogens (primary N) is 1. The van der Waals surface area contributed by atoms with Crippen molar-refractivity contribution in [3.63, 3.8) is 0 Å². The first-order chi connectivity index (χ1) is 50.5. The van der Waals surface area contributed by atoms with Crippen LogP contribution in [0.3, 0.4) is 0 Å². The molecule has 1 aliphatic heterocycles. The summed E-state index contributed by atoms with van der Waals surface area (Å²) in [6, 6.07) is -7.70. The molecular formula is C78H127N13O18. The van der Waals surface area contributed by atoms with E-state index in [2.05, 4.69) is 25.9 Å². The van der Waals surface area contributed by atoms with E-state index in [4.69, 9.17) is 10.8 Å². The number of aromatic nitrogens is 2. The lowest BCUT2D eigenvalue weighted by molar-refractivity contribution is -0.157. The molecule has 2 aromatic rings. The number of rotatable bonds is 24. The molecule has 14 atom stereocenters. The summed E-state index contributed by atoms with van der Waals surface area (Å²) in [4.78, 5) is 230. The second kappa shape index (κ2) is 42.4. The van der Waals surface area contributed by atoms with Crippen LogP contribution >= 0.6 is 0 Å². The number of nitrogens with one attached hydrogen (secondary N) is 4. The molecule has 0 saturated carbocycles. The number of imidazole rings is 1. The largest absolute Gasteiger partial charge is 0.481 e. The van der Waals surface area contributed by atoms with Crippen LogP contribution in [0.15, 0.2) is 18.2 Å². The number of aliphatic hydroxyl groups is 2. The molecule has 3 rings (SSSR count). The number of benzene rings is 1. The number of aromatic amines is 1. The molecule has 1 fully saturated rings. The zero-order valence-corrected chi connectivity index (χ0v) is 68.6. The maximum absolute atomic E-state index is 15.6. The number of Topliss-reactive ketones (excluding diaryl/α,β-unsaturated/α-hetero) is 3. The Hall–Kier alpha value is -8.74. The van der Waals surface area contributed by atoms with Crippen molar-refractivity contribution in [1.29, 1.82) is 0 Å². The second-order valence-corrected chi connectivity index (χ2v) is 32.5. The minimum Gasteiger partial charge on any atom is -0.481 e. The van der Waals surface area contributed by atoms with Gasteiger partial charge in [0, 0.05) is 105 Å². The van der Waals surface area contributed by atoms with E-state index < -0.39 is 210 Å². The van der Waals surface area contributed by atoms with Gasteiger partial charge < -0.3 is 76.3 Å². The number of nitrogens with zero attached hydrogens (tertiary/aromatic N) is 8. The Morgan fingerprint density at radius 1 is 0.587 bits per heavy atom. The highest BCUT2D eigenvalue weighted by Crippen LogP contribution is 2.30. The normalized spacial score (nSPS) is 24.2. The van der Waals surface area contributed by atoms with E-state index in [-0.39, 0.29) is 98.4 Å². The van der Waals surface area contributed by atoms with Gasteiger partial charge >= 0.3 is 5.97 Å². The van der Waals surface area contributed by atoms with Crippen molar-refractivity contribution < 1.29 is 87.2 Å². The smallest absolute Gasteiger partial charge is 0.303 e. The first-order valence-corrected chi connectivity index (χ1v) is 38.2. The van der Waals surface area contributed by atoms with Crippen molar-refractivity contribution in [3.8, 4) is 0 Å². The van der Waals surface area contributed by atoms with Crippen molar-refractivity contribution in [2.45, 2.75) is 242 Å². The Morgan fingerprint density at radius 3 is 1.58 bits per heavy atom. The van der Waals surface area contributed by atoms with E-state index in [9.17, 15) is 63.0 Å². The average molecular weight is 1530 g/mol. The van der Waals surface area contributed by atoms with Gasteiger partial charge in [0.1, 0.15) is 48.1 Å². The molecule has 1 saturated heterocycles. The van der Waals surface area contributed by atoms with Gasteiger partial charge in [-0.2, -0.15) is 0 Å². The monoisotopic (exact) mass is 1530 g/mol. The fourth-order valence-corrected chi connectivity index (χ4v) is 14.0. The summed E-state index contributed by atoms with van der Waals surface area (Å²) in [5.41, 5.74) is 5.95. The number of hydrogen-bond acceptors (Lipinski definition) is 18. The third kappa shape index (κ3) is 26.2. The van der Waals surface area contributed by atoms with Gasteiger partial charge in [-0.25, -0.2) is 4.98 Å². The number of carboxylic acid groups (broad SMARTS) is 1. The molecule has 0 spiro atoms. The van der Waals surface area contributed by atoms with Crippen LogP contribution in [0.4, 0.5) is 0 Å². The SMILES string of the molecule is CC[C@@H]1CC(=O)[C@H]([C@H](O)[C@H](C)Cc2nc3ccc(C(=O)N[C@@H](CO)C(=O)N[C@@H](CCC(=O)O)C(N)=O)cc3[nH]2)N(C)C(=O)[C@H](C(C)C)N(C)C(=O)[C@H](CC(C)C)N(C)C(=O)[C@H](CC(C)C)N(C)C(=O)[C@@H](C)NC(=O)[C@H](C)CC(=O)[C@H](CC(C)C)N(C)C(=O)[C@H](C(C)C)CC(=O)[C@H](CC(C)C)N(C)C(=O)CN(C)C1=O. The van der Waals surface area contributed by atoms with Crippen LogP contribution in [0.1, 0.15) is 191 Å². The van der Waals surface area contributed by atoms with Gasteiger partial charge in [-0.3, -0.25) is 71.9 Å². The Bertz CT molecular complexity index is 3550. The van der Waals surface area contributed by atoms with Crippen molar-refractivity contribution in [3.05, 3.63) is 29.6 Å². The quantitative estimate of drug-likeness (QED) is 0.0744. The van der Waals surface area contributed by atoms with Gasteiger partial charge in [-0.1, -0.05) is 104 Å². The average Bonchev–Trinajstić information content (AvgIpc) is 1.79. The van der Waals surface area contributed by atoms with E-state index in [1.54, 1.807) is 41.5 Å². The van der Waals surface area contributed by atoms with Crippen molar-refractivity contribution in [2.24, 2.45) is 64.9 Å². The molecule has 9 N–H and O–H groups in total. The third-order valence-electron chi connectivity index (χ3n) is 20.7. The summed E-state index contributed by atoms with van der Waals surface area (Å²) in [5, 5.41) is 39.4. The number of H-pyrrole nitrogens is 1. The molecule has 1 aromatic heterocycles. The van der Waals surface area contributed by atoms with E-state index in [1.807, 2.05) is 55.4 Å². The molecule has 2 heterocycles. The fraction of sp³-hybridized carbons (Fsp3) is 0.718. The zero-order chi connectivity index (χ0) is 83.4. The van der Waals surface area contributed by atoms with Crippen LogP contribution in [0.2, 0.25) is 0 Å². The molecule has 1 aliphatic rings. The Kier molecular flexibility index (Phi) is 36.8. The maximum atomic E-state index is 15.6. The number of carbonyl (C=O) groups is 15. The van der Waals surface area contributed by atoms with Crippen molar-refractivity contribution >= 4 is 99.3 Å². The number of carbonyl (C=O) groups excluding carboxylic acids is 14. The molecule has 31 heteroatoms. The molecular weight excluding hydrogens is 1410 g/mol. The number of ketones is 3. The number of hydrogen-bond donors (Lipinski definition) is 8. The van der Waals surface area contributed by atoms with Gasteiger partial charge in [0.2, 0.25) is 59.1 Å². The molecule has 109 heavy (non-hydrogen) atoms. The standard InChI is InChI=1S/C78H127N13O18/c1-24-49-36-62(95)67(68(99)46(14)34-63-81-52-26-25-50(35-54(52)82-63)71(102)84-55(39-92)72(103)83-53(69(79)100)27-28-65(97)98)91(23)78(109)66(45(12)13)90(22)77(108)59(32-43(8)9)89(21)76(107)58(31-42(6)7)88(20)73(104)48(16)80-70(101)47(15)33-60(93)57(30-41(4)5)87(19)75(106)51(44(10)11)37-61(94)56(29-40(2)3)86(18)64(96)38-85(17)74(49)105/h25-26,35,40-49,51,53,55-59,66-68,92,99H,24,27-34,36-39H2,1-23H3,(H2,79,100)(H,80,101)(H,81,82)(H,83,103)(H,84,102)(H,97,98)/t46-,47-,48-,49-,51+,53+,55+,56+,57+,58+,59+,66+,67-,68-/m1/s1. The Balaban J connectivity index is 2.31. The van der Waals surface area contributed by atoms with Crippen LogP contribution in [-0.4, -0.2) is 271 Å². The number of carboxylic acids is 1. The predicted molar refractivity (Wildman–Crippen MR) is 409 cm³/mol. The summed E-state index contributed by atoms with van der Waals surface area (Å²) in [5.74, 6) is -16.7. The molecule has 612 valence electrons. The number of likely N-dealkylation sites (N-methyl/N-ethyl adjacent to an activating group) is 7. The molecule has 0 radical (unpaired) electrons. The summed E-state index contributed by atoms with van der Waals surface area (Å²) in [6.07, 6.45) is -3.37. The highest BCUT2D eigenvalue weighted by atomic mass is 16.4. The predicted octanol–water partition coefficient (Wildman–Crippen LogP) is 3.62. The minimum absolute atomic E-state index is 0.0215. The Labute approximate surface area is 643 Å². The van der Waals surface area contributed by atoms with Crippen LogP contribution in [0.5, 0.6) is 0 Å². The lowest BCUT2D eigenvalue weighted by atomic mass is 9.84. The number of aliphatic hydroxyl groups excluding tert-OH is 2. The van der Waals surface area contributed by atoms with E-state index in [0.717, 1.165) is 9.80 Å². The fourth-order valence-electron chi connectivity index (χ4n) is 14.0. The van der Waals surface area contributed by atoms with Gasteiger partial charge in [0.25, 0.3) is 5.91 Å². The van der Waals surface area contributed by atoms with Crippen LogP contribution in [-0.2, 0) is 73.5 Å². The van der Waals surface area contributed by atoms with Gasteiger partial charge in [-0.15, -0.1) is 0 Å². The van der Waals surface area contributed by atoms with Crippen LogP contribution in [0.25, 0.3) is 11.0 Å². The first kappa shape index (κ1) is 94.5. The van der Waals surface area contributed by atoms with Crippen LogP contribution in [0, 0.1) is 59.2 Å². The maximum Gasteiger partial charge on any atom is 0.303 e. The van der Waals surface area contributed by atoms with Gasteiger partial charge in [-0.05, 0) is 105 Å². The van der Waals surface area contributed by atoms with Crippen molar-refractivity contribution in [1.82, 2.24) is 60.2 Å². The number of fused-ring (bicyclic) bond motifs is 1. The number of primary amides is 1. The summed E-state index contributed by atoms with van der Waals surface area (Å²) in [6.45, 7) is 26.5. The van der Waals surface area contributed by atoms with Gasteiger partial charge in [0.05, 0.1) is 42.4 Å². The van der Waals surface area contributed by atoms with Crippen molar-refractivity contribution in [2.75, 3.05) is 62.5 Å². The lowest BCUT2D eigenvalue weighted by Crippen LogP contribution is -2.62. The molecule has 0 bridgehead atoms. The number of aliphatic carboxylic acids is 1.